The fourth-order valence-corrected chi connectivity index (χ4v) is 9.18. The van der Waals surface area contributed by atoms with Crippen molar-refractivity contribution in [2.24, 2.45) is 0 Å². The first-order chi connectivity index (χ1) is 9.23. The van der Waals surface area contributed by atoms with E-state index >= 15 is 0 Å². The van der Waals surface area contributed by atoms with E-state index in [0.717, 1.165) is 5.20 Å². The third-order valence-corrected chi connectivity index (χ3v) is 8.88. The summed E-state index contributed by atoms with van der Waals surface area (Å²) < 4.78 is 2.86. The van der Waals surface area contributed by atoms with Crippen LogP contribution < -0.4 is 4.46 Å². The predicted octanol–water partition coefficient (Wildman–Crippen LogP) is 2.35. The van der Waals surface area contributed by atoms with Crippen LogP contribution in [0.15, 0.2) is 33.9 Å². The molecule has 4 heteroatoms. The fraction of sp³-hybridized carbons (Fsp3) is 0.438. The SMILES string of the molecule is CC1/C(=C(\C(=O)N(C)C)[Si](C)(C)C)[Se]c2ccccc21. The van der Waals surface area contributed by atoms with Gasteiger partial charge in [-0.05, 0) is 0 Å². The van der Waals surface area contributed by atoms with E-state index in [1.807, 2.05) is 14.1 Å². The third-order valence-electron chi connectivity index (χ3n) is 3.62. The Morgan fingerprint density at radius 2 is 1.80 bits per heavy atom. The Hall–Kier alpha value is -0.834. The quantitative estimate of drug-likeness (QED) is 0.591. The zero-order valence-electron chi connectivity index (χ0n) is 13.2. The molecule has 20 heavy (non-hydrogen) atoms. The average Bonchev–Trinajstić information content (AvgIpc) is 2.66. The van der Waals surface area contributed by atoms with Crippen LogP contribution in [0.5, 0.6) is 0 Å². The molecule has 1 aromatic rings. The third kappa shape index (κ3) is 2.78. The second-order valence-electron chi connectivity index (χ2n) is 6.55. The molecule has 2 nitrogen and oxygen atoms in total. The van der Waals surface area contributed by atoms with Crippen molar-refractivity contribution in [2.75, 3.05) is 14.1 Å². The van der Waals surface area contributed by atoms with Gasteiger partial charge >= 0.3 is 129 Å². The normalized spacial score (nSPS) is 20.6. The Morgan fingerprint density at radius 3 is 2.30 bits per heavy atom. The Bertz CT molecular complexity index is 572. The topological polar surface area (TPSA) is 20.3 Å². The van der Waals surface area contributed by atoms with Crippen molar-refractivity contribution in [1.82, 2.24) is 4.90 Å². The van der Waals surface area contributed by atoms with E-state index in [2.05, 4.69) is 50.8 Å². The standard InChI is InChI=1S/C16H23NOSeSi/c1-11-12-9-7-8-10-13(12)19-14(11)15(20(4,5)6)16(18)17(2)3/h7-11H,1-6H3/b15-14-. The van der Waals surface area contributed by atoms with Crippen molar-refractivity contribution in [3.05, 3.63) is 39.5 Å². The van der Waals surface area contributed by atoms with Gasteiger partial charge in [0.15, 0.2) is 0 Å². The Morgan fingerprint density at radius 1 is 1.20 bits per heavy atom. The van der Waals surface area contributed by atoms with Crippen LogP contribution in [0.4, 0.5) is 0 Å². The van der Waals surface area contributed by atoms with Gasteiger partial charge in [-0.3, -0.25) is 0 Å². The van der Waals surface area contributed by atoms with E-state index in [0.29, 0.717) is 20.9 Å². The number of hydrogen-bond donors (Lipinski definition) is 0. The van der Waals surface area contributed by atoms with Crippen molar-refractivity contribution in [3.63, 3.8) is 0 Å². The summed E-state index contributed by atoms with van der Waals surface area (Å²) in [5.74, 6) is 0.623. The Balaban J connectivity index is 2.57. The fourth-order valence-electron chi connectivity index (χ4n) is 2.57. The predicted molar refractivity (Wildman–Crippen MR) is 89.3 cm³/mol. The number of hydrogen-bond acceptors (Lipinski definition) is 1. The molecule has 0 radical (unpaired) electrons. The van der Waals surface area contributed by atoms with Gasteiger partial charge < -0.3 is 0 Å². The van der Waals surface area contributed by atoms with Gasteiger partial charge in [-0.1, -0.05) is 0 Å². The van der Waals surface area contributed by atoms with E-state index in [1.165, 1.54) is 14.5 Å². The van der Waals surface area contributed by atoms with Crippen LogP contribution in [0.1, 0.15) is 18.4 Å². The Kier molecular flexibility index (Phi) is 4.29. The van der Waals surface area contributed by atoms with Crippen LogP contribution in [0.2, 0.25) is 19.6 Å². The van der Waals surface area contributed by atoms with Crippen molar-refractivity contribution in [2.45, 2.75) is 32.5 Å². The van der Waals surface area contributed by atoms with E-state index in [4.69, 9.17) is 0 Å². The molecule has 108 valence electrons. The molecule has 1 unspecified atom stereocenters. The maximum atomic E-state index is 12.7. The van der Waals surface area contributed by atoms with Crippen molar-refractivity contribution in [1.29, 1.82) is 0 Å². The molecule has 0 spiro atoms. The van der Waals surface area contributed by atoms with Gasteiger partial charge in [0.25, 0.3) is 0 Å². The molecule has 2 rings (SSSR count). The number of benzene rings is 1. The molecule has 1 amide bonds. The van der Waals surface area contributed by atoms with Crippen LogP contribution in [-0.4, -0.2) is 47.9 Å². The average molecular weight is 352 g/mol. The summed E-state index contributed by atoms with van der Waals surface area (Å²) in [6.45, 7) is 9.10. The minimum atomic E-state index is -1.65. The van der Waals surface area contributed by atoms with Gasteiger partial charge in [0.1, 0.15) is 0 Å². The first kappa shape index (κ1) is 15.6. The van der Waals surface area contributed by atoms with Gasteiger partial charge in [0, 0.05) is 0 Å². The molecule has 0 fully saturated rings. The Labute approximate surface area is 129 Å². The number of amides is 1. The number of carbonyl (C=O) groups excluding carboxylic acids is 1. The van der Waals surface area contributed by atoms with Gasteiger partial charge in [-0.15, -0.1) is 0 Å². The molecule has 1 aromatic carbocycles. The zero-order valence-corrected chi connectivity index (χ0v) is 15.9. The molecule has 1 heterocycles. The molecule has 0 bridgehead atoms. The molecule has 1 aliphatic heterocycles. The molecule has 0 aromatic heterocycles. The number of rotatable bonds is 2. The summed E-state index contributed by atoms with van der Waals surface area (Å²) in [4.78, 5) is 14.4. The second kappa shape index (κ2) is 5.51. The molecule has 0 saturated heterocycles. The molecule has 0 saturated carbocycles. The van der Waals surface area contributed by atoms with E-state index in [-0.39, 0.29) is 5.91 Å². The van der Waals surface area contributed by atoms with Gasteiger partial charge in [0.2, 0.25) is 0 Å². The van der Waals surface area contributed by atoms with Crippen LogP contribution in [-0.2, 0) is 4.79 Å². The monoisotopic (exact) mass is 353 g/mol. The number of likely N-dealkylation sites (N-methyl/N-ethyl adjacent to an activating group) is 1. The van der Waals surface area contributed by atoms with E-state index in [1.54, 1.807) is 4.90 Å². The van der Waals surface area contributed by atoms with Crippen LogP contribution in [0, 0.1) is 0 Å². The number of fused-ring (bicyclic) bond motifs is 1. The van der Waals surface area contributed by atoms with Crippen molar-refractivity contribution in [3.8, 4) is 0 Å². The van der Waals surface area contributed by atoms with E-state index in [9.17, 15) is 4.79 Å². The van der Waals surface area contributed by atoms with Crippen LogP contribution in [0.3, 0.4) is 0 Å². The molecule has 1 atom stereocenters. The molecule has 0 N–H and O–H groups in total. The van der Waals surface area contributed by atoms with Crippen LogP contribution >= 0.6 is 0 Å². The summed E-state index contributed by atoms with van der Waals surface area (Å²) in [5.41, 5.74) is 1.42. The summed E-state index contributed by atoms with van der Waals surface area (Å²) in [6.07, 6.45) is 0. The first-order valence-corrected chi connectivity index (χ1v) is 12.2. The number of allylic oxidation sites excluding steroid dienone is 1. The summed E-state index contributed by atoms with van der Waals surface area (Å²) in [7, 11) is 2.07. The van der Waals surface area contributed by atoms with Crippen molar-refractivity contribution < 1.29 is 4.79 Å². The zero-order chi connectivity index (χ0) is 15.1. The van der Waals surface area contributed by atoms with Gasteiger partial charge in [0.05, 0.1) is 0 Å². The second-order valence-corrected chi connectivity index (χ2v) is 13.8. The van der Waals surface area contributed by atoms with Crippen LogP contribution in [0.25, 0.3) is 0 Å². The minimum absolute atomic E-state index is 0.223. The van der Waals surface area contributed by atoms with Gasteiger partial charge in [-0.2, -0.15) is 0 Å². The summed E-state index contributed by atoms with van der Waals surface area (Å²) >= 11 is 0.303. The number of nitrogens with zero attached hydrogens (tertiary/aromatic N) is 1. The molecular formula is C16H23NOSeSi. The van der Waals surface area contributed by atoms with E-state index < -0.39 is 8.07 Å². The first-order valence-electron chi connectivity index (χ1n) is 6.96. The van der Waals surface area contributed by atoms with Crippen molar-refractivity contribution >= 4 is 33.4 Å². The number of carbonyl (C=O) groups is 1. The molecular weight excluding hydrogens is 329 g/mol. The summed E-state index contributed by atoms with van der Waals surface area (Å²) in [6, 6.07) is 8.66. The summed E-state index contributed by atoms with van der Waals surface area (Å²) in [5, 5.41) is 1.14. The molecule has 1 aliphatic rings. The van der Waals surface area contributed by atoms with Gasteiger partial charge in [-0.25, -0.2) is 0 Å². The molecule has 0 aliphatic carbocycles. The maximum absolute atomic E-state index is 12.7.